The normalized spacial score (nSPS) is 12.4. The standard InChI is InChI=1S/C22H20N2O2S/c1-14(24(26)22(23)25)17-8-10-19-18-9-7-16(11-15-5-3-2-4-6-15)12-20(18)27-21(19)13-17/h2-10,12-14,26H,11H2,1H3,(H2,23,25). The van der Waals surface area contributed by atoms with Crippen LogP contribution in [0.5, 0.6) is 0 Å². The summed E-state index contributed by atoms with van der Waals surface area (Å²) in [7, 11) is 0. The van der Waals surface area contributed by atoms with Crippen molar-refractivity contribution in [1.29, 1.82) is 0 Å². The molecule has 1 unspecified atom stereocenters. The summed E-state index contributed by atoms with van der Waals surface area (Å²) in [6, 6.07) is 21.7. The van der Waals surface area contributed by atoms with Gasteiger partial charge in [-0.05, 0) is 42.2 Å². The first-order valence-electron chi connectivity index (χ1n) is 8.79. The summed E-state index contributed by atoms with van der Waals surface area (Å²) in [6.45, 7) is 1.75. The van der Waals surface area contributed by atoms with Crippen molar-refractivity contribution in [2.75, 3.05) is 0 Å². The molecule has 3 aromatic carbocycles. The molecule has 0 bridgehead atoms. The zero-order valence-corrected chi connectivity index (χ0v) is 15.7. The van der Waals surface area contributed by atoms with E-state index >= 15 is 0 Å². The Morgan fingerprint density at radius 1 is 1.00 bits per heavy atom. The van der Waals surface area contributed by atoms with Crippen molar-refractivity contribution in [2.24, 2.45) is 5.73 Å². The maximum Gasteiger partial charge on any atom is 0.339 e. The molecule has 4 aromatic rings. The average Bonchev–Trinajstić information content (AvgIpc) is 3.04. The van der Waals surface area contributed by atoms with Crippen LogP contribution in [0.2, 0.25) is 0 Å². The molecule has 0 saturated carbocycles. The second-order valence-electron chi connectivity index (χ2n) is 6.71. The first kappa shape index (κ1) is 17.5. The Labute approximate surface area is 161 Å². The highest BCUT2D eigenvalue weighted by Crippen LogP contribution is 2.36. The van der Waals surface area contributed by atoms with Crippen molar-refractivity contribution in [2.45, 2.75) is 19.4 Å². The Morgan fingerprint density at radius 2 is 1.67 bits per heavy atom. The number of carbonyl (C=O) groups excluding carboxylic acids is 1. The molecular weight excluding hydrogens is 356 g/mol. The minimum absolute atomic E-state index is 0.495. The van der Waals surface area contributed by atoms with Crippen LogP contribution in [0.4, 0.5) is 4.79 Å². The second-order valence-corrected chi connectivity index (χ2v) is 7.79. The van der Waals surface area contributed by atoms with Crippen LogP contribution in [0.3, 0.4) is 0 Å². The first-order valence-corrected chi connectivity index (χ1v) is 9.61. The number of nitrogens with zero attached hydrogens (tertiary/aromatic N) is 1. The van der Waals surface area contributed by atoms with Crippen molar-refractivity contribution in [1.82, 2.24) is 5.06 Å². The summed E-state index contributed by atoms with van der Waals surface area (Å²) in [4.78, 5) is 11.2. The maximum atomic E-state index is 11.2. The molecule has 1 aromatic heterocycles. The molecule has 1 atom stereocenters. The topological polar surface area (TPSA) is 66.6 Å². The minimum atomic E-state index is -0.857. The van der Waals surface area contributed by atoms with Gasteiger partial charge in [-0.15, -0.1) is 11.3 Å². The van der Waals surface area contributed by atoms with Crippen LogP contribution in [0.1, 0.15) is 29.7 Å². The molecule has 1 heterocycles. The summed E-state index contributed by atoms with van der Waals surface area (Å²) < 4.78 is 2.36. The molecule has 0 aliphatic heterocycles. The Hall–Kier alpha value is -2.89. The number of benzene rings is 3. The summed E-state index contributed by atoms with van der Waals surface area (Å²) >= 11 is 1.72. The summed E-state index contributed by atoms with van der Waals surface area (Å²) in [5.41, 5.74) is 8.59. The van der Waals surface area contributed by atoms with Gasteiger partial charge in [-0.1, -0.05) is 54.6 Å². The minimum Gasteiger partial charge on any atom is -0.350 e. The molecule has 3 N–H and O–H groups in total. The number of hydrogen-bond donors (Lipinski definition) is 2. The van der Waals surface area contributed by atoms with E-state index in [9.17, 15) is 10.0 Å². The van der Waals surface area contributed by atoms with Crippen LogP contribution < -0.4 is 5.73 Å². The van der Waals surface area contributed by atoms with E-state index in [0.717, 1.165) is 16.7 Å². The molecule has 0 aliphatic carbocycles. The van der Waals surface area contributed by atoms with Crippen molar-refractivity contribution < 1.29 is 10.0 Å². The third-order valence-corrected chi connectivity index (χ3v) is 6.00. The Balaban J connectivity index is 1.71. The molecule has 4 nitrogen and oxygen atoms in total. The molecule has 4 rings (SSSR count). The van der Waals surface area contributed by atoms with Gasteiger partial charge in [-0.3, -0.25) is 5.21 Å². The van der Waals surface area contributed by atoms with E-state index < -0.39 is 12.1 Å². The van der Waals surface area contributed by atoms with E-state index in [4.69, 9.17) is 5.73 Å². The Bertz CT molecular complexity index is 1120. The number of thiophene rings is 1. The highest BCUT2D eigenvalue weighted by molar-refractivity contribution is 7.25. The molecule has 27 heavy (non-hydrogen) atoms. The summed E-state index contributed by atoms with van der Waals surface area (Å²) in [6.07, 6.45) is 0.908. The van der Waals surface area contributed by atoms with Crippen molar-refractivity contribution in [3.05, 3.63) is 83.4 Å². The van der Waals surface area contributed by atoms with Gasteiger partial charge in [-0.2, -0.15) is 5.06 Å². The van der Waals surface area contributed by atoms with Gasteiger partial charge in [0, 0.05) is 20.2 Å². The summed E-state index contributed by atoms with van der Waals surface area (Å²) in [5.74, 6) is 0. The van der Waals surface area contributed by atoms with E-state index in [0.29, 0.717) is 5.06 Å². The van der Waals surface area contributed by atoms with E-state index in [1.165, 1.54) is 26.6 Å². The highest BCUT2D eigenvalue weighted by Gasteiger charge is 2.18. The number of nitrogens with two attached hydrogens (primary N) is 1. The largest absolute Gasteiger partial charge is 0.350 e. The van der Waals surface area contributed by atoms with Gasteiger partial charge in [0.25, 0.3) is 0 Å². The van der Waals surface area contributed by atoms with Crippen molar-refractivity contribution in [3.8, 4) is 0 Å². The lowest BCUT2D eigenvalue weighted by Gasteiger charge is -2.20. The number of primary amides is 1. The van der Waals surface area contributed by atoms with Crippen LogP contribution in [0.15, 0.2) is 66.7 Å². The number of rotatable bonds is 4. The lowest BCUT2D eigenvalue weighted by molar-refractivity contribution is -0.0709. The van der Waals surface area contributed by atoms with Crippen LogP contribution in [0, 0.1) is 0 Å². The quantitative estimate of drug-likeness (QED) is 0.366. The fourth-order valence-electron chi connectivity index (χ4n) is 3.37. The molecule has 0 radical (unpaired) electrons. The lowest BCUT2D eigenvalue weighted by atomic mass is 10.0. The first-order chi connectivity index (χ1) is 13.0. The van der Waals surface area contributed by atoms with Gasteiger partial charge in [0.05, 0.1) is 6.04 Å². The van der Waals surface area contributed by atoms with E-state index in [1.54, 1.807) is 18.3 Å². The zero-order chi connectivity index (χ0) is 19.0. The van der Waals surface area contributed by atoms with Gasteiger partial charge in [0.1, 0.15) is 0 Å². The lowest BCUT2D eigenvalue weighted by Crippen LogP contribution is -2.34. The average molecular weight is 376 g/mol. The van der Waals surface area contributed by atoms with Crippen LogP contribution in [-0.2, 0) is 6.42 Å². The van der Waals surface area contributed by atoms with Crippen LogP contribution in [-0.4, -0.2) is 16.3 Å². The molecule has 0 fully saturated rings. The number of hydroxylamine groups is 2. The Morgan fingerprint density at radius 3 is 2.37 bits per heavy atom. The van der Waals surface area contributed by atoms with Crippen molar-refractivity contribution in [3.63, 3.8) is 0 Å². The molecule has 0 spiro atoms. The second kappa shape index (κ2) is 7.02. The third-order valence-electron chi connectivity index (χ3n) is 4.89. The molecule has 136 valence electrons. The number of urea groups is 1. The van der Waals surface area contributed by atoms with E-state index in [2.05, 4.69) is 42.5 Å². The van der Waals surface area contributed by atoms with Gasteiger partial charge in [-0.25, -0.2) is 4.79 Å². The van der Waals surface area contributed by atoms with Gasteiger partial charge in [0.15, 0.2) is 0 Å². The SMILES string of the molecule is CC(c1ccc2c(c1)sc1cc(Cc3ccccc3)ccc12)N(O)C(N)=O. The zero-order valence-electron chi connectivity index (χ0n) is 14.9. The molecular formula is C22H20N2O2S. The molecule has 5 heteroatoms. The third kappa shape index (κ3) is 3.39. The number of hydrogen-bond acceptors (Lipinski definition) is 3. The van der Waals surface area contributed by atoms with Gasteiger partial charge >= 0.3 is 6.03 Å². The highest BCUT2D eigenvalue weighted by atomic mass is 32.1. The predicted molar refractivity (Wildman–Crippen MR) is 110 cm³/mol. The smallest absolute Gasteiger partial charge is 0.339 e. The fourth-order valence-corrected chi connectivity index (χ4v) is 4.59. The fraction of sp³-hybridized carbons (Fsp3) is 0.136. The summed E-state index contributed by atoms with van der Waals surface area (Å²) in [5, 5.41) is 12.8. The predicted octanol–water partition coefficient (Wildman–Crippen LogP) is 5.48. The van der Waals surface area contributed by atoms with E-state index in [1.807, 2.05) is 24.3 Å². The molecule has 0 aliphatic rings. The maximum absolute atomic E-state index is 11.2. The Kier molecular flexibility index (Phi) is 4.56. The van der Waals surface area contributed by atoms with Crippen molar-refractivity contribution >= 4 is 37.5 Å². The molecule has 2 amide bonds. The number of fused-ring (bicyclic) bond motifs is 3. The van der Waals surface area contributed by atoms with Crippen LogP contribution >= 0.6 is 11.3 Å². The van der Waals surface area contributed by atoms with Gasteiger partial charge < -0.3 is 5.73 Å². The number of carbonyl (C=O) groups is 1. The molecule has 0 saturated heterocycles. The van der Waals surface area contributed by atoms with E-state index in [-0.39, 0.29) is 0 Å². The number of amides is 2. The van der Waals surface area contributed by atoms with Gasteiger partial charge in [0.2, 0.25) is 0 Å². The monoisotopic (exact) mass is 376 g/mol. The van der Waals surface area contributed by atoms with Crippen LogP contribution in [0.25, 0.3) is 20.2 Å².